The van der Waals surface area contributed by atoms with Crippen molar-refractivity contribution in [2.45, 2.75) is 129 Å². The van der Waals surface area contributed by atoms with Crippen molar-refractivity contribution in [1.29, 1.82) is 10.8 Å². The molecule has 5 aliphatic heterocycles. The highest BCUT2D eigenvalue weighted by molar-refractivity contribution is 8.00. The summed E-state index contributed by atoms with van der Waals surface area (Å²) in [6.45, 7) is 12.5. The summed E-state index contributed by atoms with van der Waals surface area (Å²) in [5.41, 5.74) is 25.2. The number of rotatable bonds is 38. The van der Waals surface area contributed by atoms with E-state index in [0.717, 1.165) is 172 Å². The number of benzene rings is 12. The number of aromatic nitrogens is 4. The molecule has 0 saturated carbocycles. The molecule has 0 spiro atoms. The van der Waals surface area contributed by atoms with Crippen LogP contribution in [0, 0.1) is 10.8 Å². The van der Waals surface area contributed by atoms with Crippen LogP contribution in [-0.2, 0) is 45.1 Å². The Hall–Kier alpha value is -13.3. The van der Waals surface area contributed by atoms with Crippen LogP contribution in [0.5, 0.6) is 23.0 Å². The summed E-state index contributed by atoms with van der Waals surface area (Å²) in [7, 11) is 7.65. The van der Waals surface area contributed by atoms with E-state index in [1.807, 2.05) is 144 Å². The first-order valence-electron chi connectivity index (χ1n) is 46.4. The van der Waals surface area contributed by atoms with E-state index >= 15 is 0 Å². The zero-order valence-corrected chi connectivity index (χ0v) is 81.3. The minimum Gasteiger partial charge on any atom is -0.492 e. The van der Waals surface area contributed by atoms with Crippen LogP contribution >= 0.6 is 47.0 Å². The second kappa shape index (κ2) is 49.0. The average Bonchev–Trinajstić information content (AvgIpc) is 1.48. The van der Waals surface area contributed by atoms with Gasteiger partial charge in [-0.3, -0.25) is 25.3 Å². The van der Waals surface area contributed by atoms with E-state index < -0.39 is 12.0 Å². The number of nitrogens with zero attached hydrogens (tertiary/aromatic N) is 12. The first kappa shape index (κ1) is 98.3. The van der Waals surface area contributed by atoms with Crippen molar-refractivity contribution in [3.05, 3.63) is 319 Å². The number of amidine groups is 2. The molecule has 0 radical (unpaired) electrons. The number of hydrogen-bond acceptors (Lipinski definition) is 23. The molecule has 2 atom stereocenters. The Morgan fingerprint density at radius 1 is 0.482 bits per heavy atom. The molecule has 13 aromatic rings. The summed E-state index contributed by atoms with van der Waals surface area (Å²) in [5.74, 6) is 2.82. The molecule has 18 rings (SSSR count). The number of tetrazole rings is 1. The lowest BCUT2D eigenvalue weighted by molar-refractivity contribution is -0.148. The fraction of sp³-hybridized carbons (Fsp3) is 0.278. The number of carboxylic acid groups (broad SMARTS) is 1. The molecule has 0 bridgehead atoms. The number of ether oxygens (including phenoxy) is 5. The summed E-state index contributed by atoms with van der Waals surface area (Å²) < 4.78 is 31.5. The number of carboxylic acids is 1. The molecule has 0 aliphatic carbocycles. The topological polar surface area (TPSA) is 287 Å². The van der Waals surface area contributed by atoms with Gasteiger partial charge in [0.25, 0.3) is 0 Å². The Bertz CT molecular complexity index is 6040. The highest BCUT2D eigenvalue weighted by Crippen LogP contribution is 2.53. The average molecular weight is 1910 g/mol. The summed E-state index contributed by atoms with van der Waals surface area (Å²) in [6.07, 6.45) is 8.09. The molecular formula is C108H118N16O9S4. The molecule has 29 heteroatoms. The molecule has 12 aromatic carbocycles. The van der Waals surface area contributed by atoms with Gasteiger partial charge in [0, 0.05) is 149 Å². The summed E-state index contributed by atoms with van der Waals surface area (Å²) in [5, 5.41) is 37.2. The van der Waals surface area contributed by atoms with Gasteiger partial charge >= 0.3 is 5.97 Å². The lowest BCUT2D eigenvalue weighted by Crippen LogP contribution is -2.44. The number of nitrogens with two attached hydrogens (primary N) is 2. The standard InChI is InChI=1S/C33H36N6O2S.C32H30N2O4S.C22H26N2O3S.C21H26N6S/c34-32(35)24-10-14-26(15-11-24)40-22-20-38(21-23-41-27-16-12-25(13-17-27)33(36)37)18-5-19-39-28-6-1-3-8-30(28)42-31-9-4-2-7-29(31)39;1-33(28(32(36)37)21-23-15-17-25(18-16-23)38-22-24-9-3-2-4-10-24)31(35)19-20-34-26-11-5-7-13-29(26)39-30-14-8-6-12-27(30)34;1-23(16-25)12-6-13-24-18-7-2-3-8-20(18)28-21-15-17(10-11-19(21)24)27-22-9-4-5-14-26-22;1-4-27-21(22-23-24-27)15-16-10-11-20-18(14-16)26(13-7-12-25(2)3)17-8-5-6-9-19(17)28-20/h1-4,6-17H,5,18-23H2,(H3,34,35)(H3,36,37);2-18,28H,19-22H2,1H3,(H,36,37);2-3,7-8,10-11,15-16,22H,4-6,9,12-14H2,1H3;5-6,8-11,14H,4,7,12-13,15H2,1-3H3/t;28-;22-;/m.00./s1. The molecule has 1 fully saturated rings. The maximum absolute atomic E-state index is 13.2. The van der Waals surface area contributed by atoms with Gasteiger partial charge in [0.1, 0.15) is 60.5 Å². The van der Waals surface area contributed by atoms with E-state index in [2.05, 4.69) is 218 Å². The number of hydrogen-bond donors (Lipinski definition) is 5. The number of amides is 2. The smallest absolute Gasteiger partial charge is 0.326 e. The quantitative estimate of drug-likeness (QED) is 0.0136. The molecule has 2 amide bonds. The van der Waals surface area contributed by atoms with Crippen LogP contribution < -0.4 is 50.0 Å². The lowest BCUT2D eigenvalue weighted by Gasteiger charge is -2.33. The third-order valence-corrected chi connectivity index (χ3v) is 28.4. The van der Waals surface area contributed by atoms with Gasteiger partial charge in [-0.05, 0) is 251 Å². The number of anilines is 8. The minimum atomic E-state index is -1.03. The molecule has 1 saturated heterocycles. The van der Waals surface area contributed by atoms with Crippen molar-refractivity contribution in [2.75, 3.05) is 127 Å². The largest absolute Gasteiger partial charge is 0.492 e. The van der Waals surface area contributed by atoms with Gasteiger partial charge in [0.05, 0.1) is 52.1 Å². The Morgan fingerprint density at radius 2 is 0.920 bits per heavy atom. The Labute approximate surface area is 819 Å². The second-order valence-corrected chi connectivity index (χ2v) is 38.2. The number of carbonyl (C=O) groups excluding carboxylic acids is 2. The third-order valence-electron chi connectivity index (χ3n) is 23.9. The molecule has 25 nitrogen and oxygen atoms in total. The van der Waals surface area contributed by atoms with Crippen molar-refractivity contribution >= 4 is 123 Å². The fourth-order valence-corrected chi connectivity index (χ4v) is 21.1. The second-order valence-electron chi connectivity index (χ2n) is 33.9. The molecule has 708 valence electrons. The highest BCUT2D eigenvalue weighted by atomic mass is 32.2. The number of aliphatic carboxylic acids is 1. The highest BCUT2D eigenvalue weighted by Gasteiger charge is 2.32. The van der Waals surface area contributed by atoms with E-state index in [1.165, 1.54) is 74.0 Å². The van der Waals surface area contributed by atoms with E-state index in [-0.39, 0.29) is 36.7 Å². The monoisotopic (exact) mass is 1910 g/mol. The zero-order chi connectivity index (χ0) is 95.4. The van der Waals surface area contributed by atoms with Gasteiger partial charge in [0.15, 0.2) is 12.1 Å². The zero-order valence-electron chi connectivity index (χ0n) is 78.0. The van der Waals surface area contributed by atoms with Gasteiger partial charge in [-0.1, -0.05) is 168 Å². The normalized spacial score (nSPS) is 13.6. The minimum absolute atomic E-state index is 0.0428. The van der Waals surface area contributed by atoms with Gasteiger partial charge in [-0.15, -0.1) is 5.10 Å². The van der Waals surface area contributed by atoms with Gasteiger partial charge < -0.3 is 74.6 Å². The van der Waals surface area contributed by atoms with Crippen molar-refractivity contribution in [3.63, 3.8) is 0 Å². The molecule has 1 aromatic heterocycles. The molecule has 5 aliphatic rings. The maximum atomic E-state index is 13.2. The number of nitrogens with one attached hydrogen (secondary N) is 2. The molecule has 0 unspecified atom stereocenters. The number of likely N-dealkylation sites (N-methyl/N-ethyl adjacent to an activating group) is 1. The van der Waals surface area contributed by atoms with Crippen LogP contribution in [0.1, 0.15) is 85.5 Å². The number of para-hydroxylation sites is 6. The predicted octanol–water partition coefficient (Wildman–Crippen LogP) is 20.6. The lowest BCUT2D eigenvalue weighted by atomic mass is 10.0. The van der Waals surface area contributed by atoms with Gasteiger partial charge in [0.2, 0.25) is 12.3 Å². The molecule has 6 heterocycles. The van der Waals surface area contributed by atoms with Crippen LogP contribution in [0.25, 0.3) is 0 Å². The number of nitrogen functional groups attached to an aromatic ring is 2. The number of carbonyl (C=O) groups is 3. The van der Waals surface area contributed by atoms with Crippen LogP contribution in [-0.4, -0.2) is 194 Å². The van der Waals surface area contributed by atoms with E-state index in [4.69, 9.17) is 46.0 Å². The summed E-state index contributed by atoms with van der Waals surface area (Å²) >= 11 is 7.17. The van der Waals surface area contributed by atoms with Crippen molar-refractivity contribution in [3.8, 4) is 23.0 Å². The van der Waals surface area contributed by atoms with E-state index in [9.17, 15) is 19.5 Å². The maximum Gasteiger partial charge on any atom is 0.326 e. The van der Waals surface area contributed by atoms with E-state index in [1.54, 1.807) is 59.7 Å². The number of aryl methyl sites for hydroxylation is 1. The molecule has 137 heavy (non-hydrogen) atoms. The first-order valence-corrected chi connectivity index (χ1v) is 49.7. The third kappa shape index (κ3) is 26.7. The Morgan fingerprint density at radius 3 is 1.40 bits per heavy atom. The predicted molar refractivity (Wildman–Crippen MR) is 550 cm³/mol. The Balaban J connectivity index is 0.000000141. The van der Waals surface area contributed by atoms with Crippen LogP contribution in [0.4, 0.5) is 45.5 Å². The van der Waals surface area contributed by atoms with Crippen molar-refractivity contribution in [1.82, 2.24) is 39.8 Å². The van der Waals surface area contributed by atoms with Crippen LogP contribution in [0.15, 0.2) is 324 Å². The molecule has 7 N–H and O–H groups in total. The van der Waals surface area contributed by atoms with Gasteiger partial charge in [-0.2, -0.15) is 0 Å². The van der Waals surface area contributed by atoms with Crippen molar-refractivity contribution in [2.24, 2.45) is 11.5 Å². The van der Waals surface area contributed by atoms with E-state index in [0.29, 0.717) is 43.2 Å². The summed E-state index contributed by atoms with van der Waals surface area (Å²) in [6, 6.07) is 94.6. The summed E-state index contributed by atoms with van der Waals surface area (Å²) in [4.78, 5) is 63.2. The van der Waals surface area contributed by atoms with Gasteiger partial charge in [-0.25, -0.2) is 9.48 Å². The first-order chi connectivity index (χ1) is 66.9. The fourth-order valence-electron chi connectivity index (χ4n) is 16.7. The van der Waals surface area contributed by atoms with Crippen LogP contribution in [0.2, 0.25) is 0 Å². The van der Waals surface area contributed by atoms with Crippen molar-refractivity contribution < 1.29 is 43.2 Å². The van der Waals surface area contributed by atoms with Crippen LogP contribution in [0.3, 0.4) is 0 Å². The number of fused-ring (bicyclic) bond motifs is 8. The SMILES string of the molecule is CCn1nnnc1Cc1ccc2c(c1)N(CCCN(C)C)c1ccccc1S2.CN(C(=O)CCN1c2ccccc2Sc2ccccc21)[C@@H](Cc1ccc(OCc2ccccc2)cc1)C(=O)O.CN(C=O)CCCN1c2ccccc2Sc2cc(O[C@H]3CCCCO3)ccc21.N=C(N)c1ccc(OCCN(CCCN2c3ccccc3Sc3ccccc32)CCOc2ccc(C(=N)N)cc2)cc1. The Kier molecular flexibility index (Phi) is 35.1. The molecular weight excluding hydrogens is 1790 g/mol.